The van der Waals surface area contributed by atoms with Crippen molar-refractivity contribution >= 4 is 27.6 Å². The number of fused-ring (bicyclic) bond motifs is 2. The smallest absolute Gasteiger partial charge is 0.311 e. The Bertz CT molecular complexity index is 489. The van der Waals surface area contributed by atoms with Gasteiger partial charge in [-0.3, -0.25) is 4.79 Å². The molecule has 2 N–H and O–H groups in total. The second-order valence-electron chi connectivity index (χ2n) is 5.25. The van der Waals surface area contributed by atoms with E-state index >= 15 is 0 Å². The molecule has 2 aliphatic rings. The predicted octanol–water partition coefficient (Wildman–Crippen LogP) is 3.60. The molecule has 3 nitrogen and oxygen atoms in total. The fraction of sp³-hybridized carbons (Fsp3) is 0.500. The lowest BCUT2D eigenvalue weighted by molar-refractivity contribution is -0.140. The van der Waals surface area contributed by atoms with E-state index < -0.39 is 5.97 Å². The number of carboxylic acid groups (broad SMARTS) is 1. The molecule has 3 unspecified atom stereocenters. The van der Waals surface area contributed by atoms with E-state index in [2.05, 4.69) is 21.2 Å². The summed E-state index contributed by atoms with van der Waals surface area (Å²) in [4.78, 5) is 11.6. The number of carbonyl (C=O) groups is 1. The zero-order valence-corrected chi connectivity index (χ0v) is 11.6. The number of hydrogen-bond acceptors (Lipinski definition) is 2. The van der Waals surface area contributed by atoms with E-state index in [1.807, 2.05) is 18.2 Å². The maximum atomic E-state index is 11.6. The van der Waals surface area contributed by atoms with Crippen LogP contribution in [0, 0.1) is 5.92 Å². The highest BCUT2D eigenvalue weighted by Crippen LogP contribution is 2.45. The summed E-state index contributed by atoms with van der Waals surface area (Å²) < 4.78 is 0.993. The summed E-state index contributed by atoms with van der Waals surface area (Å²) in [5.41, 5.74) is 1.92. The van der Waals surface area contributed by atoms with Crippen molar-refractivity contribution in [2.24, 2.45) is 5.92 Å². The van der Waals surface area contributed by atoms with Crippen molar-refractivity contribution < 1.29 is 9.90 Å². The van der Waals surface area contributed by atoms with Crippen molar-refractivity contribution in [3.05, 3.63) is 28.2 Å². The van der Waals surface area contributed by atoms with Crippen LogP contribution in [0.4, 0.5) is 5.69 Å². The number of benzene rings is 1. The van der Waals surface area contributed by atoms with E-state index in [0.29, 0.717) is 6.04 Å². The van der Waals surface area contributed by atoms with Crippen LogP contribution in [0.5, 0.6) is 0 Å². The van der Waals surface area contributed by atoms with Gasteiger partial charge in [0, 0.05) is 16.2 Å². The summed E-state index contributed by atoms with van der Waals surface area (Å²) in [6.07, 6.45) is 4.45. The van der Waals surface area contributed by atoms with E-state index in [-0.39, 0.29) is 11.8 Å². The van der Waals surface area contributed by atoms with E-state index in [1.165, 1.54) is 6.42 Å². The molecule has 1 fully saturated rings. The lowest BCUT2D eigenvalue weighted by Crippen LogP contribution is -2.42. The minimum absolute atomic E-state index is 0.241. The average Bonchev–Trinajstić information content (AvgIpc) is 2.35. The Morgan fingerprint density at radius 1 is 1.33 bits per heavy atom. The van der Waals surface area contributed by atoms with Gasteiger partial charge in [0.05, 0.1) is 5.92 Å². The van der Waals surface area contributed by atoms with Crippen LogP contribution in [-0.2, 0) is 4.79 Å². The Morgan fingerprint density at radius 3 is 2.89 bits per heavy atom. The molecule has 0 radical (unpaired) electrons. The van der Waals surface area contributed by atoms with Crippen molar-refractivity contribution in [2.45, 2.75) is 37.6 Å². The minimum Gasteiger partial charge on any atom is -0.481 e. The van der Waals surface area contributed by atoms with E-state index in [1.54, 1.807) is 0 Å². The van der Waals surface area contributed by atoms with Crippen molar-refractivity contribution in [3.8, 4) is 0 Å². The van der Waals surface area contributed by atoms with Gasteiger partial charge in [0.1, 0.15) is 0 Å². The molecule has 4 heteroatoms. The van der Waals surface area contributed by atoms with Gasteiger partial charge in [-0.25, -0.2) is 0 Å². The molecule has 1 aromatic carbocycles. The van der Waals surface area contributed by atoms with Gasteiger partial charge in [-0.15, -0.1) is 0 Å². The van der Waals surface area contributed by atoms with Crippen LogP contribution in [0.3, 0.4) is 0 Å². The third-order valence-electron chi connectivity index (χ3n) is 4.20. The van der Waals surface area contributed by atoms with Crippen LogP contribution in [0.15, 0.2) is 22.7 Å². The first-order valence-corrected chi connectivity index (χ1v) is 7.25. The number of halogens is 1. The van der Waals surface area contributed by atoms with E-state index in [9.17, 15) is 9.90 Å². The van der Waals surface area contributed by atoms with Crippen molar-refractivity contribution in [2.75, 3.05) is 5.32 Å². The molecule has 0 aromatic heterocycles. The second kappa shape index (κ2) is 4.57. The topological polar surface area (TPSA) is 49.3 Å². The average molecular weight is 310 g/mol. The molecule has 0 spiro atoms. The first-order chi connectivity index (χ1) is 8.66. The lowest BCUT2D eigenvalue weighted by atomic mass is 9.71. The fourth-order valence-electron chi connectivity index (χ4n) is 3.41. The number of rotatable bonds is 1. The maximum Gasteiger partial charge on any atom is 0.311 e. The molecular formula is C14H16BrNO2. The van der Waals surface area contributed by atoms with Gasteiger partial charge in [-0.2, -0.15) is 0 Å². The minimum atomic E-state index is -0.683. The van der Waals surface area contributed by atoms with Crippen LogP contribution >= 0.6 is 15.9 Å². The van der Waals surface area contributed by atoms with Crippen LogP contribution in [0.25, 0.3) is 0 Å². The molecule has 1 aliphatic heterocycles. The molecule has 96 valence electrons. The molecular weight excluding hydrogens is 294 g/mol. The number of hydrogen-bond donors (Lipinski definition) is 2. The van der Waals surface area contributed by atoms with Crippen LogP contribution in [0.1, 0.15) is 37.2 Å². The van der Waals surface area contributed by atoms with Crippen LogP contribution < -0.4 is 5.32 Å². The molecule has 1 aromatic rings. The van der Waals surface area contributed by atoms with Crippen molar-refractivity contribution in [1.82, 2.24) is 0 Å². The summed E-state index contributed by atoms with van der Waals surface area (Å²) in [6, 6.07) is 6.19. The molecule has 0 amide bonds. The Kier molecular flexibility index (Phi) is 3.06. The molecule has 0 saturated heterocycles. The summed E-state index contributed by atoms with van der Waals surface area (Å²) in [6.45, 7) is 0. The van der Waals surface area contributed by atoms with Gasteiger partial charge in [-0.05, 0) is 36.5 Å². The molecule has 18 heavy (non-hydrogen) atoms. The highest BCUT2D eigenvalue weighted by molar-refractivity contribution is 9.10. The third kappa shape index (κ3) is 1.92. The molecule has 1 heterocycles. The van der Waals surface area contributed by atoms with E-state index in [4.69, 9.17) is 0 Å². The van der Waals surface area contributed by atoms with Gasteiger partial charge >= 0.3 is 5.97 Å². The van der Waals surface area contributed by atoms with E-state index in [0.717, 1.165) is 35.0 Å². The molecule has 1 saturated carbocycles. The first kappa shape index (κ1) is 12.0. The molecule has 3 rings (SSSR count). The molecule has 0 bridgehead atoms. The number of anilines is 1. The second-order valence-corrected chi connectivity index (χ2v) is 6.16. The largest absolute Gasteiger partial charge is 0.481 e. The number of carboxylic acids is 1. The fourth-order valence-corrected chi connectivity index (χ4v) is 3.77. The van der Waals surface area contributed by atoms with Gasteiger partial charge in [0.2, 0.25) is 0 Å². The number of aliphatic carboxylic acids is 1. The summed E-state index contributed by atoms with van der Waals surface area (Å²) in [5, 5.41) is 13.1. The number of nitrogens with one attached hydrogen (secondary N) is 1. The molecule has 3 atom stereocenters. The zero-order valence-electron chi connectivity index (χ0n) is 10.0. The van der Waals surface area contributed by atoms with Crippen molar-refractivity contribution in [3.63, 3.8) is 0 Å². The zero-order chi connectivity index (χ0) is 12.7. The normalized spacial score (nSPS) is 29.9. The van der Waals surface area contributed by atoms with Gasteiger partial charge < -0.3 is 10.4 Å². The highest BCUT2D eigenvalue weighted by atomic mass is 79.9. The Hall–Kier alpha value is -1.03. The monoisotopic (exact) mass is 309 g/mol. The molecule has 1 aliphatic carbocycles. The summed E-state index contributed by atoms with van der Waals surface area (Å²) >= 11 is 3.45. The van der Waals surface area contributed by atoms with Crippen LogP contribution in [0.2, 0.25) is 0 Å². The predicted molar refractivity (Wildman–Crippen MR) is 73.9 cm³/mol. The van der Waals surface area contributed by atoms with Gasteiger partial charge in [-0.1, -0.05) is 34.8 Å². The lowest BCUT2D eigenvalue weighted by Gasteiger charge is -2.41. The van der Waals surface area contributed by atoms with Crippen molar-refractivity contribution in [1.29, 1.82) is 0 Å². The SMILES string of the molecule is O=C(O)C1c2ccc(Br)cc2NC2CCCCC21. The third-order valence-corrected chi connectivity index (χ3v) is 4.70. The quantitative estimate of drug-likeness (QED) is 0.833. The first-order valence-electron chi connectivity index (χ1n) is 6.45. The Balaban J connectivity index is 2.06. The van der Waals surface area contributed by atoms with Gasteiger partial charge in [0.15, 0.2) is 0 Å². The van der Waals surface area contributed by atoms with Gasteiger partial charge in [0.25, 0.3) is 0 Å². The Labute approximate surface area is 115 Å². The summed E-state index contributed by atoms with van der Waals surface area (Å²) in [7, 11) is 0. The Morgan fingerprint density at radius 2 is 2.11 bits per heavy atom. The standard InChI is InChI=1S/C14H16BrNO2/c15-8-5-6-10-12(7-8)16-11-4-2-1-3-9(11)13(10)14(17)18/h5-7,9,11,13,16H,1-4H2,(H,17,18). The maximum absolute atomic E-state index is 11.6. The van der Waals surface area contributed by atoms with Crippen LogP contribution in [-0.4, -0.2) is 17.1 Å². The highest BCUT2D eigenvalue weighted by Gasteiger charge is 2.41. The summed E-state index contributed by atoms with van der Waals surface area (Å²) in [5.74, 6) is -0.790.